The van der Waals surface area contributed by atoms with Crippen molar-refractivity contribution in [2.45, 2.75) is 20.3 Å². The average molecular weight is 338 g/mol. The molecule has 0 aliphatic carbocycles. The van der Waals surface area contributed by atoms with Crippen LogP contribution in [0.2, 0.25) is 0 Å². The Bertz CT molecular complexity index is 744. The summed E-state index contributed by atoms with van der Waals surface area (Å²) in [5.41, 5.74) is 3.97. The van der Waals surface area contributed by atoms with Crippen LogP contribution < -0.4 is 4.90 Å². The van der Waals surface area contributed by atoms with Gasteiger partial charge in [-0.2, -0.15) is 0 Å². The Balaban J connectivity index is 1.91. The molecule has 1 aliphatic heterocycles. The molecule has 4 nitrogen and oxygen atoms in total. The van der Waals surface area contributed by atoms with E-state index in [9.17, 15) is 9.90 Å². The second-order valence-corrected chi connectivity index (χ2v) is 6.83. The monoisotopic (exact) mass is 338 g/mol. The molecule has 3 rings (SSSR count). The van der Waals surface area contributed by atoms with Crippen LogP contribution in [0, 0.1) is 12.8 Å². The van der Waals surface area contributed by atoms with Crippen molar-refractivity contribution in [1.82, 2.24) is 4.90 Å². The predicted molar refractivity (Wildman–Crippen MR) is 102 cm³/mol. The van der Waals surface area contributed by atoms with Crippen molar-refractivity contribution in [3.05, 3.63) is 54.1 Å². The number of carboxylic acid groups (broad SMARTS) is 1. The van der Waals surface area contributed by atoms with Crippen LogP contribution in [0.3, 0.4) is 0 Å². The molecule has 0 saturated carbocycles. The predicted octanol–water partition coefficient (Wildman–Crippen LogP) is 4.49. The van der Waals surface area contributed by atoms with Crippen LogP contribution in [0.5, 0.6) is 0 Å². The van der Waals surface area contributed by atoms with E-state index < -0.39 is 6.09 Å². The number of likely N-dealkylation sites (tertiary alicyclic amines) is 1. The van der Waals surface area contributed by atoms with E-state index >= 15 is 0 Å². The molecule has 1 atom stereocenters. The Morgan fingerprint density at radius 1 is 1.24 bits per heavy atom. The van der Waals surface area contributed by atoms with Gasteiger partial charge in [-0.05, 0) is 44.0 Å². The molecule has 132 valence electrons. The van der Waals surface area contributed by atoms with E-state index in [0.717, 1.165) is 42.9 Å². The summed E-state index contributed by atoms with van der Waals surface area (Å²) in [6.07, 6.45) is 0.180. The summed E-state index contributed by atoms with van der Waals surface area (Å²) < 4.78 is 0. The van der Waals surface area contributed by atoms with Gasteiger partial charge in [0.1, 0.15) is 0 Å². The van der Waals surface area contributed by atoms with Gasteiger partial charge < -0.3 is 10.0 Å². The first kappa shape index (κ1) is 17.5. The van der Waals surface area contributed by atoms with Crippen LogP contribution in [0.25, 0.3) is 11.1 Å². The largest absolute Gasteiger partial charge is 0.465 e. The fourth-order valence-corrected chi connectivity index (χ4v) is 3.65. The Hall–Kier alpha value is -2.33. The number of rotatable bonds is 5. The standard InChI is InChI=1S/C21H26N2O2/c1-3-22-12-11-17(14-22)15-23(21(24)25)20-10-5-4-9-19(20)18-8-6-7-16(2)13-18/h4-10,13,17H,3,11-12,14-15H2,1-2H3,(H,24,25)/t17-/m0/s1. The van der Waals surface area contributed by atoms with Crippen molar-refractivity contribution in [2.75, 3.05) is 31.1 Å². The third-order valence-electron chi connectivity index (χ3n) is 5.01. The fourth-order valence-electron chi connectivity index (χ4n) is 3.65. The van der Waals surface area contributed by atoms with E-state index in [4.69, 9.17) is 0 Å². The summed E-state index contributed by atoms with van der Waals surface area (Å²) in [5, 5.41) is 9.85. The lowest BCUT2D eigenvalue weighted by Gasteiger charge is -2.25. The molecule has 2 aromatic rings. The maximum absolute atomic E-state index is 12.0. The van der Waals surface area contributed by atoms with E-state index in [1.165, 1.54) is 10.5 Å². The van der Waals surface area contributed by atoms with Crippen molar-refractivity contribution in [1.29, 1.82) is 0 Å². The van der Waals surface area contributed by atoms with Crippen LogP contribution in [-0.4, -0.2) is 42.3 Å². The van der Waals surface area contributed by atoms with Crippen LogP contribution >= 0.6 is 0 Å². The zero-order chi connectivity index (χ0) is 17.8. The summed E-state index contributed by atoms with van der Waals surface area (Å²) in [6.45, 7) is 7.84. The molecule has 4 heteroatoms. The first-order chi connectivity index (χ1) is 12.1. The molecule has 25 heavy (non-hydrogen) atoms. The van der Waals surface area contributed by atoms with E-state index in [1.807, 2.05) is 36.4 Å². The average Bonchev–Trinajstić information content (AvgIpc) is 3.07. The minimum Gasteiger partial charge on any atom is -0.465 e. The Morgan fingerprint density at radius 2 is 2.04 bits per heavy atom. The number of carbonyl (C=O) groups is 1. The zero-order valence-electron chi connectivity index (χ0n) is 15.0. The van der Waals surface area contributed by atoms with Gasteiger partial charge in [0, 0.05) is 18.7 Å². The topological polar surface area (TPSA) is 43.8 Å². The molecule has 1 aliphatic rings. The number of hydrogen-bond acceptors (Lipinski definition) is 2. The van der Waals surface area contributed by atoms with Gasteiger partial charge in [0.05, 0.1) is 5.69 Å². The van der Waals surface area contributed by atoms with Crippen LogP contribution in [-0.2, 0) is 0 Å². The number of amides is 1. The zero-order valence-corrected chi connectivity index (χ0v) is 15.0. The van der Waals surface area contributed by atoms with Gasteiger partial charge in [0.25, 0.3) is 0 Å². The van der Waals surface area contributed by atoms with Crippen molar-refractivity contribution in [3.8, 4) is 11.1 Å². The van der Waals surface area contributed by atoms with Gasteiger partial charge in [0.2, 0.25) is 0 Å². The summed E-state index contributed by atoms with van der Waals surface area (Å²) in [4.78, 5) is 15.9. The lowest BCUT2D eigenvalue weighted by Crippen LogP contribution is -2.35. The highest BCUT2D eigenvalue weighted by Crippen LogP contribution is 2.32. The molecular formula is C21H26N2O2. The van der Waals surface area contributed by atoms with Gasteiger partial charge in [-0.25, -0.2) is 4.79 Å². The molecule has 0 aromatic heterocycles. The summed E-state index contributed by atoms with van der Waals surface area (Å²) in [7, 11) is 0. The van der Waals surface area contributed by atoms with Crippen LogP contribution in [0.4, 0.5) is 10.5 Å². The number of nitrogens with zero attached hydrogens (tertiary/aromatic N) is 2. The van der Waals surface area contributed by atoms with Gasteiger partial charge in [-0.15, -0.1) is 0 Å². The highest BCUT2D eigenvalue weighted by molar-refractivity contribution is 5.92. The second kappa shape index (κ2) is 7.70. The third-order valence-corrected chi connectivity index (χ3v) is 5.01. The number of hydrogen-bond donors (Lipinski definition) is 1. The highest BCUT2D eigenvalue weighted by Gasteiger charge is 2.27. The number of anilines is 1. The number of aryl methyl sites for hydroxylation is 1. The molecule has 0 unspecified atom stereocenters. The lowest BCUT2D eigenvalue weighted by molar-refractivity contribution is 0.200. The van der Waals surface area contributed by atoms with Gasteiger partial charge >= 0.3 is 6.09 Å². The van der Waals surface area contributed by atoms with Gasteiger partial charge in [-0.3, -0.25) is 4.90 Å². The molecular weight excluding hydrogens is 312 g/mol. The maximum atomic E-state index is 12.0. The molecule has 0 spiro atoms. The second-order valence-electron chi connectivity index (χ2n) is 6.83. The van der Waals surface area contributed by atoms with Crippen molar-refractivity contribution in [3.63, 3.8) is 0 Å². The highest BCUT2D eigenvalue weighted by atomic mass is 16.4. The first-order valence-electron chi connectivity index (χ1n) is 8.97. The van der Waals surface area contributed by atoms with Crippen molar-refractivity contribution < 1.29 is 9.90 Å². The maximum Gasteiger partial charge on any atom is 0.411 e. The molecule has 0 radical (unpaired) electrons. The molecule has 0 bridgehead atoms. The Morgan fingerprint density at radius 3 is 2.72 bits per heavy atom. The molecule has 2 aromatic carbocycles. The SMILES string of the molecule is CCN1CC[C@H](CN(C(=O)O)c2ccccc2-c2cccc(C)c2)C1. The van der Waals surface area contributed by atoms with E-state index in [0.29, 0.717) is 12.5 Å². The third kappa shape index (κ3) is 4.02. The summed E-state index contributed by atoms with van der Waals surface area (Å²) in [6, 6.07) is 16.0. The lowest BCUT2D eigenvalue weighted by atomic mass is 10.00. The van der Waals surface area contributed by atoms with Crippen molar-refractivity contribution in [2.24, 2.45) is 5.92 Å². The molecule has 1 saturated heterocycles. The quantitative estimate of drug-likeness (QED) is 0.873. The number of para-hydroxylation sites is 1. The molecule has 1 amide bonds. The number of benzene rings is 2. The normalized spacial score (nSPS) is 17.6. The minimum atomic E-state index is -0.880. The van der Waals surface area contributed by atoms with E-state index in [2.05, 4.69) is 30.9 Å². The summed E-state index contributed by atoms with van der Waals surface area (Å²) >= 11 is 0. The minimum absolute atomic E-state index is 0.390. The smallest absolute Gasteiger partial charge is 0.411 e. The molecule has 1 heterocycles. The fraction of sp³-hybridized carbons (Fsp3) is 0.381. The Kier molecular flexibility index (Phi) is 5.39. The molecule has 1 fully saturated rings. The molecule has 1 N–H and O–H groups in total. The van der Waals surface area contributed by atoms with Crippen LogP contribution in [0.1, 0.15) is 18.9 Å². The van der Waals surface area contributed by atoms with Crippen LogP contribution in [0.15, 0.2) is 48.5 Å². The summed E-state index contributed by atoms with van der Waals surface area (Å²) in [5.74, 6) is 0.390. The Labute approximate surface area is 149 Å². The van der Waals surface area contributed by atoms with E-state index in [-0.39, 0.29) is 0 Å². The van der Waals surface area contributed by atoms with E-state index in [1.54, 1.807) is 0 Å². The van der Waals surface area contributed by atoms with Gasteiger partial charge in [0.15, 0.2) is 0 Å². The van der Waals surface area contributed by atoms with Crippen molar-refractivity contribution >= 4 is 11.8 Å². The van der Waals surface area contributed by atoms with Gasteiger partial charge in [-0.1, -0.05) is 55.0 Å². The first-order valence-corrected chi connectivity index (χ1v) is 8.97.